The zero-order valence-electron chi connectivity index (χ0n) is 9.80. The fraction of sp³-hybridized carbons (Fsp3) is 1.00. The molecule has 1 saturated heterocycles. The number of halogens is 2. The Morgan fingerprint density at radius 1 is 1.40 bits per heavy atom. The van der Waals surface area contributed by atoms with E-state index in [0.29, 0.717) is 6.61 Å². The number of alkyl halides is 2. The molecular formula is C11H21F2NO. The summed E-state index contributed by atoms with van der Waals surface area (Å²) in [5.41, 5.74) is -0.181. The Kier molecular flexibility index (Phi) is 4.46. The minimum Gasteiger partial charge on any atom is -0.374 e. The van der Waals surface area contributed by atoms with Crippen LogP contribution in [0.1, 0.15) is 33.6 Å². The predicted molar refractivity (Wildman–Crippen MR) is 56.3 cm³/mol. The van der Waals surface area contributed by atoms with Crippen LogP contribution in [-0.2, 0) is 4.74 Å². The average Bonchev–Trinajstić information content (AvgIpc) is 2.46. The van der Waals surface area contributed by atoms with Gasteiger partial charge in [-0.1, -0.05) is 0 Å². The maximum Gasteiger partial charge on any atom is 0.251 e. The van der Waals surface area contributed by atoms with E-state index < -0.39 is 6.43 Å². The highest BCUT2D eigenvalue weighted by Crippen LogP contribution is 2.20. The van der Waals surface area contributed by atoms with Crippen LogP contribution >= 0.6 is 0 Å². The molecule has 4 heteroatoms. The number of ether oxygens (including phenoxy) is 1. The molecule has 1 aliphatic rings. The van der Waals surface area contributed by atoms with Crippen molar-refractivity contribution < 1.29 is 13.5 Å². The molecule has 0 aromatic carbocycles. The highest BCUT2D eigenvalue weighted by molar-refractivity contribution is 4.80. The van der Waals surface area contributed by atoms with Gasteiger partial charge in [0.15, 0.2) is 0 Å². The number of nitrogens with zero attached hydrogens (tertiary/aromatic N) is 1. The van der Waals surface area contributed by atoms with Gasteiger partial charge in [-0.05, 0) is 40.2 Å². The second-order valence-corrected chi connectivity index (χ2v) is 5.11. The van der Waals surface area contributed by atoms with E-state index in [2.05, 4.69) is 0 Å². The third-order valence-electron chi connectivity index (χ3n) is 2.58. The van der Waals surface area contributed by atoms with Gasteiger partial charge < -0.3 is 4.74 Å². The van der Waals surface area contributed by atoms with Crippen molar-refractivity contribution in [2.45, 2.75) is 51.7 Å². The number of hydrogen-bond donors (Lipinski definition) is 0. The SMILES string of the molecule is CC(C)(C)OC[C@H]1CCCN1CC(F)F. The summed E-state index contributed by atoms with van der Waals surface area (Å²) < 4.78 is 30.1. The summed E-state index contributed by atoms with van der Waals surface area (Å²) in [6.07, 6.45) is -0.256. The van der Waals surface area contributed by atoms with Gasteiger partial charge in [-0.15, -0.1) is 0 Å². The maximum absolute atomic E-state index is 12.3. The normalized spacial score (nSPS) is 24.0. The lowest BCUT2D eigenvalue weighted by Crippen LogP contribution is -2.38. The Hall–Kier alpha value is -0.220. The summed E-state index contributed by atoms with van der Waals surface area (Å²) in [7, 11) is 0. The van der Waals surface area contributed by atoms with Gasteiger partial charge in [0.1, 0.15) is 0 Å². The molecule has 0 bridgehead atoms. The van der Waals surface area contributed by atoms with Gasteiger partial charge in [0.2, 0.25) is 0 Å². The number of hydrogen-bond acceptors (Lipinski definition) is 2. The summed E-state index contributed by atoms with van der Waals surface area (Å²) >= 11 is 0. The van der Waals surface area contributed by atoms with E-state index in [1.165, 1.54) is 0 Å². The minimum absolute atomic E-state index is 0.113. The van der Waals surface area contributed by atoms with Crippen molar-refractivity contribution in [3.63, 3.8) is 0 Å². The summed E-state index contributed by atoms with van der Waals surface area (Å²) in [6.45, 7) is 7.19. The molecule has 1 fully saturated rings. The quantitative estimate of drug-likeness (QED) is 0.723. The van der Waals surface area contributed by atoms with Crippen LogP contribution in [0.4, 0.5) is 8.78 Å². The molecule has 0 aromatic rings. The zero-order valence-corrected chi connectivity index (χ0v) is 9.80. The van der Waals surface area contributed by atoms with E-state index in [-0.39, 0.29) is 18.2 Å². The molecule has 90 valence electrons. The van der Waals surface area contributed by atoms with E-state index in [0.717, 1.165) is 19.4 Å². The van der Waals surface area contributed by atoms with Gasteiger partial charge >= 0.3 is 0 Å². The molecule has 2 nitrogen and oxygen atoms in total. The molecule has 0 aliphatic carbocycles. The van der Waals surface area contributed by atoms with Crippen molar-refractivity contribution in [2.75, 3.05) is 19.7 Å². The monoisotopic (exact) mass is 221 g/mol. The van der Waals surface area contributed by atoms with Gasteiger partial charge in [0, 0.05) is 6.04 Å². The third-order valence-corrected chi connectivity index (χ3v) is 2.58. The van der Waals surface area contributed by atoms with Crippen LogP contribution in [0, 0.1) is 0 Å². The Labute approximate surface area is 90.6 Å². The molecule has 0 aromatic heterocycles. The molecule has 1 atom stereocenters. The lowest BCUT2D eigenvalue weighted by molar-refractivity contribution is -0.0347. The van der Waals surface area contributed by atoms with Crippen LogP contribution in [0.25, 0.3) is 0 Å². The summed E-state index contributed by atoms with van der Waals surface area (Å²) in [5.74, 6) is 0. The van der Waals surface area contributed by atoms with Gasteiger partial charge in [-0.2, -0.15) is 0 Å². The lowest BCUT2D eigenvalue weighted by atomic mass is 10.2. The maximum atomic E-state index is 12.3. The smallest absolute Gasteiger partial charge is 0.251 e. The molecule has 0 N–H and O–H groups in total. The molecule has 0 radical (unpaired) electrons. The van der Waals surface area contributed by atoms with Crippen molar-refractivity contribution in [1.29, 1.82) is 0 Å². The summed E-state index contributed by atoms with van der Waals surface area (Å²) in [6, 6.07) is 0.179. The lowest BCUT2D eigenvalue weighted by Gasteiger charge is -2.27. The third kappa shape index (κ3) is 4.89. The minimum atomic E-state index is -2.24. The Bertz CT molecular complexity index is 192. The van der Waals surface area contributed by atoms with Crippen molar-refractivity contribution in [3.8, 4) is 0 Å². The van der Waals surface area contributed by atoms with Crippen molar-refractivity contribution in [3.05, 3.63) is 0 Å². The van der Waals surface area contributed by atoms with E-state index in [1.54, 1.807) is 0 Å². The van der Waals surface area contributed by atoms with Crippen LogP contribution in [0.15, 0.2) is 0 Å². The van der Waals surface area contributed by atoms with Crippen molar-refractivity contribution in [1.82, 2.24) is 4.90 Å². The van der Waals surface area contributed by atoms with Crippen LogP contribution in [-0.4, -0.2) is 42.7 Å². The topological polar surface area (TPSA) is 12.5 Å². The fourth-order valence-electron chi connectivity index (χ4n) is 1.85. The molecule has 0 spiro atoms. The summed E-state index contributed by atoms with van der Waals surface area (Å²) in [4.78, 5) is 1.84. The highest BCUT2D eigenvalue weighted by atomic mass is 19.3. The first-order valence-corrected chi connectivity index (χ1v) is 5.54. The number of likely N-dealkylation sites (tertiary alicyclic amines) is 1. The molecule has 1 rings (SSSR count). The van der Waals surface area contributed by atoms with Crippen molar-refractivity contribution >= 4 is 0 Å². The van der Waals surface area contributed by atoms with E-state index in [9.17, 15) is 8.78 Å². The first kappa shape index (κ1) is 12.8. The van der Waals surface area contributed by atoms with E-state index >= 15 is 0 Å². The summed E-state index contributed by atoms with van der Waals surface area (Å²) in [5, 5.41) is 0. The molecule has 1 heterocycles. The molecule has 0 amide bonds. The molecule has 0 saturated carbocycles. The van der Waals surface area contributed by atoms with E-state index in [1.807, 2.05) is 25.7 Å². The Balaban J connectivity index is 2.33. The largest absolute Gasteiger partial charge is 0.374 e. The van der Waals surface area contributed by atoms with Gasteiger partial charge in [-0.25, -0.2) is 8.78 Å². The van der Waals surface area contributed by atoms with E-state index in [4.69, 9.17) is 4.74 Å². The Morgan fingerprint density at radius 2 is 2.07 bits per heavy atom. The number of rotatable bonds is 4. The van der Waals surface area contributed by atoms with Gasteiger partial charge in [-0.3, -0.25) is 4.90 Å². The van der Waals surface area contributed by atoms with Crippen LogP contribution in [0.5, 0.6) is 0 Å². The average molecular weight is 221 g/mol. The van der Waals surface area contributed by atoms with Gasteiger partial charge in [0.25, 0.3) is 6.43 Å². The molecular weight excluding hydrogens is 200 g/mol. The molecule has 0 unspecified atom stereocenters. The van der Waals surface area contributed by atoms with Gasteiger partial charge in [0.05, 0.1) is 18.8 Å². The standard InChI is InChI=1S/C11H21F2NO/c1-11(2,3)15-8-9-5-4-6-14(9)7-10(12)13/h9-10H,4-8H2,1-3H3/t9-/m1/s1. The predicted octanol–water partition coefficient (Wildman–Crippen LogP) is 2.53. The fourth-order valence-corrected chi connectivity index (χ4v) is 1.85. The second-order valence-electron chi connectivity index (χ2n) is 5.11. The first-order valence-electron chi connectivity index (χ1n) is 5.54. The second kappa shape index (κ2) is 5.21. The molecule has 1 aliphatic heterocycles. The van der Waals surface area contributed by atoms with Crippen LogP contribution in [0.2, 0.25) is 0 Å². The highest BCUT2D eigenvalue weighted by Gasteiger charge is 2.28. The first-order chi connectivity index (χ1) is 6.88. The Morgan fingerprint density at radius 3 is 2.60 bits per heavy atom. The molecule has 15 heavy (non-hydrogen) atoms. The van der Waals surface area contributed by atoms with Crippen molar-refractivity contribution in [2.24, 2.45) is 0 Å². The van der Waals surface area contributed by atoms with Crippen LogP contribution in [0.3, 0.4) is 0 Å². The zero-order chi connectivity index (χ0) is 11.5. The van der Waals surface area contributed by atoms with Crippen LogP contribution < -0.4 is 0 Å².